The van der Waals surface area contributed by atoms with Gasteiger partial charge < -0.3 is 20.1 Å². The van der Waals surface area contributed by atoms with E-state index in [0.717, 1.165) is 12.2 Å². The highest BCUT2D eigenvalue weighted by atomic mass is 19.4. The summed E-state index contributed by atoms with van der Waals surface area (Å²) in [5.41, 5.74) is -2.81. The molecule has 0 radical (unpaired) electrons. The summed E-state index contributed by atoms with van der Waals surface area (Å²) in [6.45, 7) is -2.06. The van der Waals surface area contributed by atoms with Crippen LogP contribution in [0.4, 0.5) is 31.1 Å². The van der Waals surface area contributed by atoms with Crippen molar-refractivity contribution in [2.75, 3.05) is 27.3 Å². The summed E-state index contributed by atoms with van der Waals surface area (Å²) >= 11 is 0. The van der Waals surface area contributed by atoms with Crippen molar-refractivity contribution in [3.05, 3.63) is 70.8 Å². The molecule has 9 nitrogen and oxygen atoms in total. The van der Waals surface area contributed by atoms with E-state index in [2.05, 4.69) is 10.6 Å². The van der Waals surface area contributed by atoms with Gasteiger partial charge in [-0.05, 0) is 29.3 Å². The first-order valence-electron chi connectivity index (χ1n) is 11.1. The average molecular weight is 565 g/mol. The van der Waals surface area contributed by atoms with Crippen LogP contribution in [0, 0.1) is 0 Å². The number of nitrogens with one attached hydrogen (secondary N) is 2. The number of carbonyl (C=O) groups is 3. The second-order valence-corrected chi connectivity index (χ2v) is 7.98. The molecule has 39 heavy (non-hydrogen) atoms. The highest BCUT2D eigenvalue weighted by Crippen LogP contribution is 2.36. The molecule has 0 aliphatic heterocycles. The smallest absolute Gasteiger partial charge is 0.416 e. The molecule has 3 amide bonds. The molecule has 0 aromatic heterocycles. The molecule has 0 fully saturated rings. The SMILES string of the molecule is CON(C)C(=O)[C@@H](COCc1cc(C(F)(F)F)cc(C(F)(F)F)c1)NC(=O)CNC(=O)OCc1ccccc1. The molecular formula is C24H25F6N3O6. The highest BCUT2D eigenvalue weighted by molar-refractivity contribution is 5.89. The van der Waals surface area contributed by atoms with Crippen LogP contribution >= 0.6 is 0 Å². The van der Waals surface area contributed by atoms with Gasteiger partial charge in [0.05, 0.1) is 31.5 Å². The van der Waals surface area contributed by atoms with Gasteiger partial charge in [0.15, 0.2) is 0 Å². The van der Waals surface area contributed by atoms with Crippen molar-refractivity contribution < 1.29 is 55.0 Å². The summed E-state index contributed by atoms with van der Waals surface area (Å²) in [4.78, 5) is 41.4. The van der Waals surface area contributed by atoms with Crippen molar-refractivity contribution in [1.29, 1.82) is 0 Å². The molecule has 0 unspecified atom stereocenters. The Balaban J connectivity index is 2.00. The molecule has 0 spiro atoms. The molecule has 2 N–H and O–H groups in total. The van der Waals surface area contributed by atoms with E-state index < -0.39 is 72.8 Å². The quantitative estimate of drug-likeness (QED) is 0.318. The zero-order valence-corrected chi connectivity index (χ0v) is 20.7. The third-order valence-electron chi connectivity index (χ3n) is 5.02. The fourth-order valence-electron chi connectivity index (χ4n) is 3.05. The maximum atomic E-state index is 13.1. The Morgan fingerprint density at radius 2 is 1.49 bits per heavy atom. The van der Waals surface area contributed by atoms with Crippen LogP contribution in [-0.4, -0.2) is 56.3 Å². The van der Waals surface area contributed by atoms with Crippen molar-refractivity contribution in [3.63, 3.8) is 0 Å². The van der Waals surface area contributed by atoms with Crippen molar-refractivity contribution in [1.82, 2.24) is 15.7 Å². The normalized spacial score (nSPS) is 12.4. The largest absolute Gasteiger partial charge is 0.445 e. The lowest BCUT2D eigenvalue weighted by Crippen LogP contribution is -2.51. The number of carbonyl (C=O) groups excluding carboxylic acids is 3. The first-order chi connectivity index (χ1) is 18.2. The molecule has 2 aromatic carbocycles. The second-order valence-electron chi connectivity index (χ2n) is 7.98. The Hall–Kier alpha value is -3.85. The van der Waals surface area contributed by atoms with Gasteiger partial charge in [-0.2, -0.15) is 26.3 Å². The van der Waals surface area contributed by atoms with E-state index in [9.17, 15) is 40.7 Å². The van der Waals surface area contributed by atoms with Crippen molar-refractivity contribution in [2.24, 2.45) is 0 Å². The van der Waals surface area contributed by atoms with E-state index in [0.29, 0.717) is 17.7 Å². The molecule has 0 heterocycles. The van der Waals surface area contributed by atoms with E-state index in [1.54, 1.807) is 30.3 Å². The van der Waals surface area contributed by atoms with Crippen LogP contribution in [-0.2, 0) is 49.5 Å². The lowest BCUT2D eigenvalue weighted by molar-refractivity contribution is -0.173. The molecule has 1 atom stereocenters. The van der Waals surface area contributed by atoms with Crippen LogP contribution in [0.15, 0.2) is 48.5 Å². The van der Waals surface area contributed by atoms with Gasteiger partial charge in [-0.1, -0.05) is 30.3 Å². The summed E-state index contributed by atoms with van der Waals surface area (Å²) in [5, 5.41) is 5.16. The molecule has 0 bridgehead atoms. The minimum absolute atomic E-state index is 0.0263. The van der Waals surface area contributed by atoms with Crippen LogP contribution in [0.5, 0.6) is 0 Å². The number of alkyl halides is 6. The zero-order valence-electron chi connectivity index (χ0n) is 20.7. The number of nitrogens with zero attached hydrogens (tertiary/aromatic N) is 1. The van der Waals surface area contributed by atoms with Gasteiger partial charge in [0.1, 0.15) is 19.2 Å². The molecule has 0 saturated carbocycles. The van der Waals surface area contributed by atoms with Crippen LogP contribution in [0.25, 0.3) is 0 Å². The van der Waals surface area contributed by atoms with Crippen LogP contribution in [0.2, 0.25) is 0 Å². The van der Waals surface area contributed by atoms with Gasteiger partial charge in [-0.3, -0.25) is 14.4 Å². The van der Waals surface area contributed by atoms with Crippen LogP contribution in [0.1, 0.15) is 22.3 Å². The van der Waals surface area contributed by atoms with E-state index in [-0.39, 0.29) is 12.7 Å². The Kier molecular flexibility index (Phi) is 11.1. The maximum Gasteiger partial charge on any atom is 0.416 e. The summed E-state index contributed by atoms with van der Waals surface area (Å²) in [6, 6.07) is 8.16. The van der Waals surface area contributed by atoms with E-state index in [1.807, 2.05) is 0 Å². The van der Waals surface area contributed by atoms with Crippen molar-refractivity contribution in [3.8, 4) is 0 Å². The topological polar surface area (TPSA) is 106 Å². The number of ether oxygens (including phenoxy) is 2. The number of halogens is 6. The number of amides is 3. The number of hydroxylamine groups is 2. The summed E-state index contributed by atoms with van der Waals surface area (Å²) < 4.78 is 88.6. The summed E-state index contributed by atoms with van der Waals surface area (Å²) in [5.74, 6) is -1.71. The first kappa shape index (κ1) is 31.4. The highest BCUT2D eigenvalue weighted by Gasteiger charge is 2.37. The van der Waals surface area contributed by atoms with E-state index >= 15 is 0 Å². The Morgan fingerprint density at radius 3 is 2.03 bits per heavy atom. The number of rotatable bonds is 11. The fraction of sp³-hybridized carbons (Fsp3) is 0.375. The molecule has 2 aromatic rings. The standard InChI is InChI=1S/C24H25F6N3O6/c1-33(37-2)21(35)19(32-20(34)11-31-22(36)39-13-15-6-4-3-5-7-15)14-38-12-16-8-17(23(25,26)27)10-18(9-16)24(28,29)30/h3-10,19H,11-14H2,1-2H3,(H,31,36)(H,32,34)/t19-/m1/s1. The second kappa shape index (κ2) is 13.8. The van der Waals surface area contributed by atoms with Crippen LogP contribution in [0.3, 0.4) is 0 Å². The Labute approximate surface area is 218 Å². The molecule has 0 aliphatic rings. The minimum Gasteiger partial charge on any atom is -0.445 e. The van der Waals surface area contributed by atoms with Gasteiger partial charge in [0, 0.05) is 7.05 Å². The molecule has 15 heteroatoms. The molecule has 2 rings (SSSR count). The number of hydrogen-bond acceptors (Lipinski definition) is 6. The van der Waals surface area contributed by atoms with Gasteiger partial charge in [-0.25, -0.2) is 9.86 Å². The maximum absolute atomic E-state index is 13.1. The molecule has 0 saturated heterocycles. The number of benzene rings is 2. The summed E-state index contributed by atoms with van der Waals surface area (Å²) in [7, 11) is 2.34. The average Bonchev–Trinajstić information content (AvgIpc) is 2.88. The minimum atomic E-state index is -5.04. The molecule has 214 valence electrons. The zero-order chi connectivity index (χ0) is 29.2. The van der Waals surface area contributed by atoms with Crippen LogP contribution < -0.4 is 10.6 Å². The van der Waals surface area contributed by atoms with Gasteiger partial charge in [0.25, 0.3) is 5.91 Å². The molecule has 0 aliphatic carbocycles. The lowest BCUT2D eigenvalue weighted by atomic mass is 10.1. The third kappa shape index (κ3) is 10.4. The fourth-order valence-corrected chi connectivity index (χ4v) is 3.05. The lowest BCUT2D eigenvalue weighted by Gasteiger charge is -2.23. The third-order valence-corrected chi connectivity index (χ3v) is 5.02. The number of likely N-dealkylation sites (N-methyl/N-ethyl adjacent to an activating group) is 1. The Morgan fingerprint density at radius 1 is 0.897 bits per heavy atom. The predicted molar refractivity (Wildman–Crippen MR) is 122 cm³/mol. The first-order valence-corrected chi connectivity index (χ1v) is 11.1. The Bertz CT molecular complexity index is 1100. The number of hydrogen-bond donors (Lipinski definition) is 2. The summed E-state index contributed by atoms with van der Waals surface area (Å²) in [6.07, 6.45) is -11.0. The van der Waals surface area contributed by atoms with E-state index in [4.69, 9.17) is 14.3 Å². The van der Waals surface area contributed by atoms with Crippen molar-refractivity contribution >= 4 is 17.9 Å². The monoisotopic (exact) mass is 565 g/mol. The molecular weight excluding hydrogens is 540 g/mol. The predicted octanol–water partition coefficient (Wildman–Crippen LogP) is 3.67. The van der Waals surface area contributed by atoms with E-state index in [1.165, 1.54) is 7.05 Å². The van der Waals surface area contributed by atoms with Gasteiger partial charge in [0.2, 0.25) is 5.91 Å². The van der Waals surface area contributed by atoms with Gasteiger partial charge >= 0.3 is 18.4 Å². The van der Waals surface area contributed by atoms with Gasteiger partial charge in [-0.15, -0.1) is 0 Å². The number of alkyl carbamates (subject to hydrolysis) is 1. The van der Waals surface area contributed by atoms with Crippen molar-refractivity contribution in [2.45, 2.75) is 31.6 Å².